The van der Waals surface area contributed by atoms with E-state index in [9.17, 15) is 13.2 Å². The molecule has 0 unspecified atom stereocenters. The number of anilines is 1. The normalized spacial score (nSPS) is 14.5. The van der Waals surface area contributed by atoms with Crippen molar-refractivity contribution in [3.05, 3.63) is 90.0 Å². The van der Waals surface area contributed by atoms with Gasteiger partial charge in [0.2, 0.25) is 10.0 Å². The molecule has 3 aromatic rings. The Kier molecular flexibility index (Phi) is 7.39. The number of rotatable bonds is 8. The molecule has 172 valence electrons. The lowest BCUT2D eigenvalue weighted by molar-refractivity contribution is 0.0730. The van der Waals surface area contributed by atoms with Crippen molar-refractivity contribution in [2.75, 3.05) is 38.2 Å². The molecule has 33 heavy (non-hydrogen) atoms. The molecule has 1 aliphatic heterocycles. The van der Waals surface area contributed by atoms with Crippen molar-refractivity contribution < 1.29 is 22.7 Å². The Labute approximate surface area is 194 Å². The zero-order chi connectivity index (χ0) is 23.1. The third-order valence-corrected chi connectivity index (χ3v) is 7.26. The number of amides is 1. The van der Waals surface area contributed by atoms with E-state index in [2.05, 4.69) is 5.32 Å². The van der Waals surface area contributed by atoms with Gasteiger partial charge in [-0.25, -0.2) is 8.42 Å². The molecule has 1 saturated heterocycles. The van der Waals surface area contributed by atoms with E-state index in [0.717, 1.165) is 12.0 Å². The van der Waals surface area contributed by atoms with E-state index in [4.69, 9.17) is 9.47 Å². The highest BCUT2D eigenvalue weighted by atomic mass is 32.2. The van der Waals surface area contributed by atoms with Crippen LogP contribution in [0.4, 0.5) is 5.69 Å². The van der Waals surface area contributed by atoms with Gasteiger partial charge in [-0.05, 0) is 42.0 Å². The van der Waals surface area contributed by atoms with Gasteiger partial charge in [-0.1, -0.05) is 42.5 Å². The standard InChI is InChI=1S/C25H26N2O5S/c28-25(23-8-4-5-9-24(23)32-17-14-20-6-2-1-3-7-20)26-21-10-12-22(13-11-21)33(29,30)27-15-18-31-19-16-27/h1-13H,14-19H2,(H,26,28). The van der Waals surface area contributed by atoms with E-state index >= 15 is 0 Å². The summed E-state index contributed by atoms with van der Waals surface area (Å²) >= 11 is 0. The number of hydrogen-bond donors (Lipinski definition) is 1. The first kappa shape index (κ1) is 23.0. The molecule has 1 fully saturated rings. The zero-order valence-electron chi connectivity index (χ0n) is 18.1. The summed E-state index contributed by atoms with van der Waals surface area (Å²) in [7, 11) is -3.58. The van der Waals surface area contributed by atoms with Gasteiger partial charge >= 0.3 is 0 Å². The molecule has 0 aliphatic carbocycles. The average molecular weight is 467 g/mol. The van der Waals surface area contributed by atoms with Crippen molar-refractivity contribution in [3.8, 4) is 5.75 Å². The number of morpholine rings is 1. The van der Waals surface area contributed by atoms with Gasteiger partial charge in [0.05, 0.1) is 30.3 Å². The van der Waals surface area contributed by atoms with Gasteiger partial charge < -0.3 is 14.8 Å². The Hall–Kier alpha value is -3.20. The molecule has 1 aliphatic rings. The number of nitrogens with zero attached hydrogens (tertiary/aromatic N) is 1. The molecule has 1 amide bonds. The van der Waals surface area contributed by atoms with E-state index in [1.54, 1.807) is 30.3 Å². The smallest absolute Gasteiger partial charge is 0.259 e. The molecule has 3 aromatic carbocycles. The monoisotopic (exact) mass is 466 g/mol. The highest BCUT2D eigenvalue weighted by Crippen LogP contribution is 2.22. The van der Waals surface area contributed by atoms with Crippen LogP contribution in [0.2, 0.25) is 0 Å². The average Bonchev–Trinajstić information content (AvgIpc) is 2.86. The highest BCUT2D eigenvalue weighted by molar-refractivity contribution is 7.89. The van der Waals surface area contributed by atoms with Crippen LogP contribution in [0.1, 0.15) is 15.9 Å². The van der Waals surface area contributed by atoms with Crippen LogP contribution < -0.4 is 10.1 Å². The number of hydrogen-bond acceptors (Lipinski definition) is 5. The van der Waals surface area contributed by atoms with Gasteiger partial charge in [0.15, 0.2) is 0 Å². The van der Waals surface area contributed by atoms with Crippen LogP contribution >= 0.6 is 0 Å². The fraction of sp³-hybridized carbons (Fsp3) is 0.240. The minimum Gasteiger partial charge on any atom is -0.492 e. The molecule has 4 rings (SSSR count). The van der Waals surface area contributed by atoms with E-state index in [1.165, 1.54) is 16.4 Å². The van der Waals surface area contributed by atoms with Crippen LogP contribution in [0.3, 0.4) is 0 Å². The molecule has 0 aromatic heterocycles. The second kappa shape index (κ2) is 10.6. The van der Waals surface area contributed by atoms with Crippen molar-refractivity contribution in [1.29, 1.82) is 0 Å². The molecule has 8 heteroatoms. The first-order valence-corrected chi connectivity index (χ1v) is 12.2. The Bertz CT molecular complexity index is 1170. The minimum atomic E-state index is -3.58. The van der Waals surface area contributed by atoms with E-state index in [1.807, 2.05) is 36.4 Å². The van der Waals surface area contributed by atoms with Crippen LogP contribution in [0.15, 0.2) is 83.8 Å². The van der Waals surface area contributed by atoms with Crippen LogP contribution in [0, 0.1) is 0 Å². The molecule has 0 atom stereocenters. The highest BCUT2D eigenvalue weighted by Gasteiger charge is 2.26. The topological polar surface area (TPSA) is 84.9 Å². The Morgan fingerprint density at radius 2 is 1.58 bits per heavy atom. The summed E-state index contributed by atoms with van der Waals surface area (Å²) in [4.78, 5) is 13.1. The summed E-state index contributed by atoms with van der Waals surface area (Å²) < 4.78 is 38.0. The lowest BCUT2D eigenvalue weighted by atomic mass is 10.1. The first-order chi connectivity index (χ1) is 16.0. The number of carbonyl (C=O) groups is 1. The van der Waals surface area contributed by atoms with E-state index in [-0.39, 0.29) is 10.8 Å². The lowest BCUT2D eigenvalue weighted by Gasteiger charge is -2.26. The SMILES string of the molecule is O=C(Nc1ccc(S(=O)(=O)N2CCOCC2)cc1)c1ccccc1OCCc1ccccc1. The maximum absolute atomic E-state index is 12.9. The maximum atomic E-state index is 12.9. The van der Waals surface area contributed by atoms with Gasteiger partial charge in [-0.2, -0.15) is 4.31 Å². The molecule has 0 spiro atoms. The Morgan fingerprint density at radius 3 is 2.30 bits per heavy atom. The van der Waals surface area contributed by atoms with Crippen molar-refractivity contribution in [2.45, 2.75) is 11.3 Å². The quantitative estimate of drug-likeness (QED) is 0.549. The second-order valence-corrected chi connectivity index (χ2v) is 9.51. The predicted octanol–water partition coefficient (Wildman–Crippen LogP) is 3.58. The largest absolute Gasteiger partial charge is 0.492 e. The first-order valence-electron chi connectivity index (χ1n) is 10.8. The molecule has 0 saturated carbocycles. The molecule has 1 heterocycles. The van der Waals surface area contributed by atoms with Crippen LogP contribution in [-0.4, -0.2) is 51.5 Å². The Balaban J connectivity index is 1.40. The van der Waals surface area contributed by atoms with Gasteiger partial charge in [0.1, 0.15) is 5.75 Å². The van der Waals surface area contributed by atoms with Crippen molar-refractivity contribution in [3.63, 3.8) is 0 Å². The number of para-hydroxylation sites is 1. The molecule has 7 nitrogen and oxygen atoms in total. The number of sulfonamides is 1. The predicted molar refractivity (Wildman–Crippen MR) is 126 cm³/mol. The van der Waals surface area contributed by atoms with Crippen LogP contribution in [-0.2, 0) is 21.2 Å². The molecular weight excluding hydrogens is 440 g/mol. The summed E-state index contributed by atoms with van der Waals surface area (Å²) in [6, 6.07) is 23.2. The summed E-state index contributed by atoms with van der Waals surface area (Å²) in [6.07, 6.45) is 0.732. The summed E-state index contributed by atoms with van der Waals surface area (Å²) in [5, 5.41) is 2.82. The maximum Gasteiger partial charge on any atom is 0.259 e. The molecule has 0 bridgehead atoms. The van der Waals surface area contributed by atoms with Crippen LogP contribution in [0.25, 0.3) is 0 Å². The summed E-state index contributed by atoms with van der Waals surface area (Å²) in [5.74, 6) is 0.173. The van der Waals surface area contributed by atoms with Crippen molar-refractivity contribution >= 4 is 21.6 Å². The van der Waals surface area contributed by atoms with Gasteiger partial charge in [0.25, 0.3) is 5.91 Å². The Morgan fingerprint density at radius 1 is 0.909 bits per heavy atom. The van der Waals surface area contributed by atoms with Crippen molar-refractivity contribution in [2.24, 2.45) is 0 Å². The van der Waals surface area contributed by atoms with Gasteiger partial charge in [-0.3, -0.25) is 4.79 Å². The van der Waals surface area contributed by atoms with E-state index in [0.29, 0.717) is 49.9 Å². The minimum absolute atomic E-state index is 0.187. The fourth-order valence-corrected chi connectivity index (χ4v) is 4.96. The summed E-state index contributed by atoms with van der Waals surface area (Å²) in [6.45, 7) is 1.90. The number of carbonyl (C=O) groups excluding carboxylic acids is 1. The van der Waals surface area contributed by atoms with Gasteiger partial charge in [-0.15, -0.1) is 0 Å². The van der Waals surface area contributed by atoms with Crippen LogP contribution in [0.5, 0.6) is 5.75 Å². The zero-order valence-corrected chi connectivity index (χ0v) is 19.0. The number of ether oxygens (including phenoxy) is 2. The number of nitrogens with one attached hydrogen (secondary N) is 1. The van der Waals surface area contributed by atoms with Crippen molar-refractivity contribution in [1.82, 2.24) is 4.31 Å². The molecule has 0 radical (unpaired) electrons. The number of benzene rings is 3. The lowest BCUT2D eigenvalue weighted by Crippen LogP contribution is -2.40. The second-order valence-electron chi connectivity index (χ2n) is 7.58. The van der Waals surface area contributed by atoms with Gasteiger partial charge in [0, 0.05) is 25.2 Å². The molecular formula is C25H26N2O5S. The summed E-state index contributed by atoms with van der Waals surface area (Å²) in [5.41, 5.74) is 2.07. The molecule has 1 N–H and O–H groups in total. The third kappa shape index (κ3) is 5.78. The third-order valence-electron chi connectivity index (χ3n) is 5.34. The van der Waals surface area contributed by atoms with E-state index < -0.39 is 10.0 Å². The fourth-order valence-electron chi connectivity index (χ4n) is 3.55.